The Morgan fingerprint density at radius 1 is 1.33 bits per heavy atom. The fourth-order valence-corrected chi connectivity index (χ4v) is 3.16. The molecule has 0 aliphatic carbocycles. The number of esters is 1. The molecule has 2 aliphatic rings. The van der Waals surface area contributed by atoms with Gasteiger partial charge < -0.3 is 19.5 Å². The van der Waals surface area contributed by atoms with E-state index in [1.807, 2.05) is 6.20 Å². The summed E-state index contributed by atoms with van der Waals surface area (Å²) >= 11 is 0. The Kier molecular flexibility index (Phi) is 6.09. The summed E-state index contributed by atoms with van der Waals surface area (Å²) in [5.74, 6) is 0.171. The first kappa shape index (κ1) is 17.2. The summed E-state index contributed by atoms with van der Waals surface area (Å²) in [6, 6.07) is 0. The number of anilines is 1. The molecule has 1 aromatic heterocycles. The lowest BCUT2D eigenvalue weighted by atomic mass is 10.0. The lowest BCUT2D eigenvalue weighted by Gasteiger charge is -2.23. The highest BCUT2D eigenvalue weighted by Gasteiger charge is 2.24. The van der Waals surface area contributed by atoms with Crippen molar-refractivity contribution in [2.75, 3.05) is 38.3 Å². The number of hydrogen-bond acceptors (Lipinski definition) is 6. The van der Waals surface area contributed by atoms with E-state index in [-0.39, 0.29) is 12.2 Å². The predicted octanol–water partition coefficient (Wildman–Crippen LogP) is 2.60. The van der Waals surface area contributed by atoms with Crippen molar-refractivity contribution in [3.8, 4) is 0 Å². The van der Waals surface area contributed by atoms with Crippen LogP contribution in [0.4, 0.5) is 5.69 Å². The Hall–Kier alpha value is -1.60. The van der Waals surface area contributed by atoms with E-state index in [0.29, 0.717) is 18.2 Å². The van der Waals surface area contributed by atoms with Crippen LogP contribution in [-0.2, 0) is 14.2 Å². The van der Waals surface area contributed by atoms with Crippen molar-refractivity contribution in [2.24, 2.45) is 5.92 Å². The molecule has 3 rings (SSSR count). The molecule has 7 nitrogen and oxygen atoms in total. The molecule has 0 amide bonds. The van der Waals surface area contributed by atoms with Gasteiger partial charge in [-0.3, -0.25) is 0 Å². The van der Waals surface area contributed by atoms with Gasteiger partial charge in [-0.15, -0.1) is 0 Å². The second kappa shape index (κ2) is 8.48. The Labute approximate surface area is 142 Å². The van der Waals surface area contributed by atoms with Crippen LogP contribution in [-0.4, -0.2) is 48.7 Å². The van der Waals surface area contributed by atoms with Crippen LogP contribution in [0.25, 0.3) is 0 Å². The predicted molar refractivity (Wildman–Crippen MR) is 89.1 cm³/mol. The highest BCUT2D eigenvalue weighted by Crippen LogP contribution is 2.26. The zero-order chi connectivity index (χ0) is 16.8. The molecular weight excluding hydrogens is 310 g/mol. The van der Waals surface area contributed by atoms with Gasteiger partial charge in [0, 0.05) is 26.4 Å². The van der Waals surface area contributed by atoms with Gasteiger partial charge in [-0.05, 0) is 44.9 Å². The van der Waals surface area contributed by atoms with Gasteiger partial charge in [0.05, 0.1) is 18.5 Å². The van der Waals surface area contributed by atoms with Crippen LogP contribution in [0.3, 0.4) is 0 Å². The van der Waals surface area contributed by atoms with Gasteiger partial charge >= 0.3 is 5.97 Å². The van der Waals surface area contributed by atoms with E-state index < -0.39 is 0 Å². The van der Waals surface area contributed by atoms with Crippen LogP contribution in [0.15, 0.2) is 6.20 Å². The molecule has 24 heavy (non-hydrogen) atoms. The monoisotopic (exact) mass is 337 g/mol. The third kappa shape index (κ3) is 4.27. The molecule has 1 N–H and O–H groups in total. The Bertz CT molecular complexity index is 534. The van der Waals surface area contributed by atoms with Crippen molar-refractivity contribution in [1.29, 1.82) is 0 Å². The van der Waals surface area contributed by atoms with Gasteiger partial charge in [0.25, 0.3) is 0 Å². The minimum absolute atomic E-state index is 0.0921. The van der Waals surface area contributed by atoms with Crippen LogP contribution >= 0.6 is 0 Å². The molecular formula is C17H27N3O4. The molecule has 2 aliphatic heterocycles. The van der Waals surface area contributed by atoms with E-state index >= 15 is 0 Å². The Morgan fingerprint density at radius 2 is 2.17 bits per heavy atom. The standard InChI is InChI=1S/C17H27N3O4/c1-2-23-17(21)16-14(18-11-13-6-9-22-10-7-13)12-20(19-16)15-5-3-4-8-24-15/h12-13,15,18H,2-11H2,1H3. The van der Waals surface area contributed by atoms with Crippen LogP contribution in [0.5, 0.6) is 0 Å². The number of carbonyl (C=O) groups is 1. The second-order valence-electron chi connectivity index (χ2n) is 6.35. The van der Waals surface area contributed by atoms with Crippen LogP contribution < -0.4 is 5.32 Å². The number of nitrogens with one attached hydrogen (secondary N) is 1. The maximum atomic E-state index is 12.2. The Balaban J connectivity index is 1.71. The van der Waals surface area contributed by atoms with Crippen molar-refractivity contribution in [1.82, 2.24) is 9.78 Å². The third-order valence-electron chi connectivity index (χ3n) is 4.57. The summed E-state index contributed by atoms with van der Waals surface area (Å²) < 4.78 is 18.1. The summed E-state index contributed by atoms with van der Waals surface area (Å²) in [6.07, 6.45) is 6.99. The molecule has 2 saturated heterocycles. The third-order valence-corrected chi connectivity index (χ3v) is 4.57. The minimum Gasteiger partial charge on any atom is -0.461 e. The molecule has 3 heterocycles. The van der Waals surface area contributed by atoms with Crippen molar-refractivity contribution in [3.05, 3.63) is 11.9 Å². The SMILES string of the molecule is CCOC(=O)c1nn(C2CCCCO2)cc1NCC1CCOCC1. The molecule has 1 unspecified atom stereocenters. The van der Waals surface area contributed by atoms with Gasteiger partial charge in [-0.25, -0.2) is 9.48 Å². The van der Waals surface area contributed by atoms with Gasteiger partial charge in [0.1, 0.15) is 6.23 Å². The highest BCUT2D eigenvalue weighted by molar-refractivity contribution is 5.93. The quantitative estimate of drug-likeness (QED) is 0.804. The van der Waals surface area contributed by atoms with E-state index in [2.05, 4.69) is 10.4 Å². The minimum atomic E-state index is -0.387. The van der Waals surface area contributed by atoms with Crippen molar-refractivity contribution in [3.63, 3.8) is 0 Å². The molecule has 2 fully saturated rings. The largest absolute Gasteiger partial charge is 0.461 e. The van der Waals surface area contributed by atoms with Gasteiger partial charge in [-0.2, -0.15) is 5.10 Å². The fourth-order valence-electron chi connectivity index (χ4n) is 3.16. The number of carbonyl (C=O) groups excluding carboxylic acids is 1. The van der Waals surface area contributed by atoms with Gasteiger partial charge in [0.15, 0.2) is 5.69 Å². The van der Waals surface area contributed by atoms with Crippen LogP contribution in [0.1, 0.15) is 55.7 Å². The maximum Gasteiger partial charge on any atom is 0.361 e. The summed E-state index contributed by atoms with van der Waals surface area (Å²) in [6.45, 7) is 5.31. The molecule has 134 valence electrons. The number of nitrogens with zero attached hydrogens (tertiary/aromatic N) is 2. The molecule has 7 heteroatoms. The molecule has 1 aromatic rings. The normalized spacial score (nSPS) is 22.3. The second-order valence-corrected chi connectivity index (χ2v) is 6.35. The van der Waals surface area contributed by atoms with Crippen molar-refractivity contribution < 1.29 is 19.0 Å². The number of hydrogen-bond donors (Lipinski definition) is 1. The summed E-state index contributed by atoms with van der Waals surface area (Å²) in [5.41, 5.74) is 1.08. The van der Waals surface area contributed by atoms with Crippen LogP contribution in [0.2, 0.25) is 0 Å². The lowest BCUT2D eigenvalue weighted by Crippen LogP contribution is -2.23. The van der Waals surface area contributed by atoms with Gasteiger partial charge in [-0.1, -0.05) is 0 Å². The first-order valence-electron chi connectivity index (χ1n) is 8.97. The molecule has 0 saturated carbocycles. The fraction of sp³-hybridized carbons (Fsp3) is 0.765. The molecule has 1 atom stereocenters. The number of ether oxygens (including phenoxy) is 3. The molecule has 0 radical (unpaired) electrons. The number of rotatable bonds is 6. The van der Waals surface area contributed by atoms with E-state index in [9.17, 15) is 4.79 Å². The average Bonchev–Trinajstić information content (AvgIpc) is 3.06. The van der Waals surface area contributed by atoms with E-state index in [1.54, 1.807) is 11.6 Å². The first-order valence-corrected chi connectivity index (χ1v) is 8.97. The van der Waals surface area contributed by atoms with Crippen molar-refractivity contribution in [2.45, 2.75) is 45.3 Å². The summed E-state index contributed by atoms with van der Waals surface area (Å²) in [7, 11) is 0. The van der Waals surface area contributed by atoms with Crippen molar-refractivity contribution >= 4 is 11.7 Å². The first-order chi connectivity index (χ1) is 11.8. The topological polar surface area (TPSA) is 74.6 Å². The summed E-state index contributed by atoms with van der Waals surface area (Å²) in [5, 5.41) is 7.83. The lowest BCUT2D eigenvalue weighted by molar-refractivity contribution is -0.0396. The van der Waals surface area contributed by atoms with E-state index in [0.717, 1.165) is 64.2 Å². The Morgan fingerprint density at radius 3 is 2.88 bits per heavy atom. The summed E-state index contributed by atoms with van der Waals surface area (Å²) in [4.78, 5) is 12.2. The number of aromatic nitrogens is 2. The van der Waals surface area contributed by atoms with E-state index in [1.165, 1.54) is 0 Å². The smallest absolute Gasteiger partial charge is 0.361 e. The molecule has 0 spiro atoms. The average molecular weight is 337 g/mol. The highest BCUT2D eigenvalue weighted by atomic mass is 16.5. The molecule has 0 aromatic carbocycles. The maximum absolute atomic E-state index is 12.2. The van der Waals surface area contributed by atoms with Crippen LogP contribution in [0, 0.1) is 5.92 Å². The zero-order valence-electron chi connectivity index (χ0n) is 14.3. The zero-order valence-corrected chi connectivity index (χ0v) is 14.3. The van der Waals surface area contributed by atoms with E-state index in [4.69, 9.17) is 14.2 Å². The molecule has 0 bridgehead atoms. The van der Waals surface area contributed by atoms with Gasteiger partial charge in [0.2, 0.25) is 0 Å².